The molecule has 0 bridgehead atoms. The summed E-state index contributed by atoms with van der Waals surface area (Å²) in [5.74, 6) is 1.36. The molecule has 0 aliphatic rings. The Kier molecular flexibility index (Phi) is 4.96. The number of benzene rings is 1. The van der Waals surface area contributed by atoms with E-state index in [1.54, 1.807) is 0 Å². The van der Waals surface area contributed by atoms with Crippen LogP contribution in [0.5, 0.6) is 0 Å². The first-order chi connectivity index (χ1) is 8.38. The minimum absolute atomic E-state index is 0.0536. The van der Waals surface area contributed by atoms with Crippen molar-refractivity contribution in [1.82, 2.24) is 4.72 Å². The van der Waals surface area contributed by atoms with Crippen LogP contribution < -0.4 is 10.5 Å². The van der Waals surface area contributed by atoms with Crippen molar-refractivity contribution in [3.63, 3.8) is 0 Å². The number of terminal acetylenes is 1. The van der Waals surface area contributed by atoms with Gasteiger partial charge in [-0.1, -0.05) is 11.6 Å². The number of anilines is 1. The number of hydrogen-bond donors (Lipinski definition) is 2. The van der Waals surface area contributed by atoms with Crippen LogP contribution >= 0.6 is 11.6 Å². The highest BCUT2D eigenvalue weighted by Crippen LogP contribution is 2.24. The van der Waals surface area contributed by atoms with Crippen LogP contribution in [0.3, 0.4) is 0 Å². The van der Waals surface area contributed by atoms with Crippen molar-refractivity contribution in [2.24, 2.45) is 0 Å². The number of unbranched alkanes of at least 4 members (excludes halogenated alkanes) is 1. The van der Waals surface area contributed by atoms with Crippen LogP contribution in [0.25, 0.3) is 0 Å². The zero-order valence-electron chi connectivity index (χ0n) is 9.41. The van der Waals surface area contributed by atoms with Crippen LogP contribution in [0.2, 0.25) is 5.02 Å². The Labute approximate surface area is 110 Å². The Morgan fingerprint density at radius 2 is 2.17 bits per heavy atom. The molecule has 1 aromatic carbocycles. The van der Waals surface area contributed by atoms with Gasteiger partial charge in [-0.3, -0.25) is 0 Å². The van der Waals surface area contributed by atoms with Crippen molar-refractivity contribution in [1.29, 1.82) is 0 Å². The molecule has 0 aromatic heterocycles. The van der Waals surface area contributed by atoms with Crippen molar-refractivity contribution >= 4 is 27.3 Å². The summed E-state index contributed by atoms with van der Waals surface area (Å²) in [5, 5.41) is 0.0536. The fraction of sp³-hybridized carbons (Fsp3) is 0.273. The maximum atomic E-state index is 13.6. The molecule has 0 aliphatic heterocycles. The second-order valence-corrected chi connectivity index (χ2v) is 5.68. The lowest BCUT2D eigenvalue weighted by molar-refractivity contribution is 0.557. The van der Waals surface area contributed by atoms with Crippen molar-refractivity contribution < 1.29 is 12.8 Å². The Balaban J connectivity index is 2.96. The topological polar surface area (TPSA) is 72.2 Å². The number of nitrogens with two attached hydrogens (primary N) is 1. The third-order valence-electron chi connectivity index (χ3n) is 2.11. The quantitative estimate of drug-likeness (QED) is 0.493. The molecule has 0 heterocycles. The van der Waals surface area contributed by atoms with E-state index in [9.17, 15) is 12.8 Å². The third-order valence-corrected chi connectivity index (χ3v) is 3.79. The fourth-order valence-electron chi connectivity index (χ4n) is 1.25. The molecular formula is C11H12ClFN2O2S. The Bertz CT molecular complexity index is 581. The molecule has 0 amide bonds. The summed E-state index contributed by atoms with van der Waals surface area (Å²) < 4.78 is 39.5. The van der Waals surface area contributed by atoms with Gasteiger partial charge in [0, 0.05) is 18.0 Å². The molecule has 1 rings (SSSR count). The Morgan fingerprint density at radius 3 is 2.78 bits per heavy atom. The maximum Gasteiger partial charge on any atom is 0.243 e. The lowest BCUT2D eigenvalue weighted by Gasteiger charge is -2.09. The van der Waals surface area contributed by atoms with Gasteiger partial charge in [-0.15, -0.1) is 12.3 Å². The zero-order chi connectivity index (χ0) is 13.8. The summed E-state index contributed by atoms with van der Waals surface area (Å²) in [6, 6.07) is 2.16. The van der Waals surface area contributed by atoms with Gasteiger partial charge in [0.05, 0.1) is 5.69 Å². The summed E-state index contributed by atoms with van der Waals surface area (Å²) in [4.78, 5) is -0.562. The highest BCUT2D eigenvalue weighted by molar-refractivity contribution is 7.89. The van der Waals surface area contributed by atoms with E-state index in [1.165, 1.54) is 0 Å². The molecule has 0 atom stereocenters. The first-order valence-electron chi connectivity index (χ1n) is 5.06. The first kappa shape index (κ1) is 14.8. The fourth-order valence-corrected chi connectivity index (χ4v) is 2.75. The summed E-state index contributed by atoms with van der Waals surface area (Å²) in [7, 11) is -3.97. The van der Waals surface area contributed by atoms with Crippen LogP contribution in [-0.4, -0.2) is 15.0 Å². The molecular weight excluding hydrogens is 279 g/mol. The Hall–Kier alpha value is -1.29. The van der Waals surface area contributed by atoms with Gasteiger partial charge >= 0.3 is 0 Å². The van der Waals surface area contributed by atoms with Gasteiger partial charge in [0.2, 0.25) is 10.0 Å². The second kappa shape index (κ2) is 6.05. The average Bonchev–Trinajstić information content (AvgIpc) is 2.29. The van der Waals surface area contributed by atoms with Gasteiger partial charge in [0.1, 0.15) is 4.90 Å². The molecule has 3 N–H and O–H groups in total. The summed E-state index contributed by atoms with van der Waals surface area (Å²) in [6.07, 6.45) is 5.93. The van der Waals surface area contributed by atoms with Gasteiger partial charge in [0.25, 0.3) is 0 Å². The van der Waals surface area contributed by atoms with Crippen molar-refractivity contribution in [2.75, 3.05) is 12.3 Å². The Morgan fingerprint density at radius 1 is 1.50 bits per heavy atom. The van der Waals surface area contributed by atoms with E-state index in [0.29, 0.717) is 12.8 Å². The predicted octanol–water partition coefficient (Wildman–Crippen LogP) is 1.75. The molecule has 0 fully saturated rings. The summed E-state index contributed by atoms with van der Waals surface area (Å²) in [6.45, 7) is 0.123. The molecule has 4 nitrogen and oxygen atoms in total. The molecule has 0 unspecified atom stereocenters. The van der Waals surface area contributed by atoms with E-state index in [1.807, 2.05) is 0 Å². The van der Waals surface area contributed by atoms with Crippen LogP contribution in [0, 0.1) is 18.2 Å². The van der Waals surface area contributed by atoms with Crippen LogP contribution in [0.4, 0.5) is 10.1 Å². The normalized spacial score (nSPS) is 11.2. The third kappa shape index (κ3) is 3.60. The molecule has 0 aliphatic carbocycles. The molecule has 18 heavy (non-hydrogen) atoms. The molecule has 0 spiro atoms. The lowest BCUT2D eigenvalue weighted by atomic mass is 10.3. The summed E-state index contributed by atoms with van der Waals surface area (Å²) in [5.41, 5.74) is 5.00. The minimum Gasteiger partial charge on any atom is -0.396 e. The molecule has 0 saturated heterocycles. The number of hydrogen-bond acceptors (Lipinski definition) is 3. The zero-order valence-corrected chi connectivity index (χ0v) is 11.0. The predicted molar refractivity (Wildman–Crippen MR) is 69.1 cm³/mol. The first-order valence-corrected chi connectivity index (χ1v) is 6.92. The highest BCUT2D eigenvalue weighted by atomic mass is 35.5. The largest absolute Gasteiger partial charge is 0.396 e. The van der Waals surface area contributed by atoms with Gasteiger partial charge in [-0.05, 0) is 18.6 Å². The number of halogens is 2. The lowest BCUT2D eigenvalue weighted by Crippen LogP contribution is -2.26. The van der Waals surface area contributed by atoms with E-state index in [2.05, 4.69) is 10.6 Å². The number of rotatable bonds is 5. The number of sulfonamides is 1. The summed E-state index contributed by atoms with van der Waals surface area (Å²) >= 11 is 5.65. The van der Waals surface area contributed by atoms with E-state index in [0.717, 1.165) is 12.1 Å². The minimum atomic E-state index is -3.97. The SMILES string of the molecule is C#CCCCNS(=O)(=O)c1cc(Cl)cc(N)c1F. The molecule has 98 valence electrons. The monoisotopic (exact) mass is 290 g/mol. The standard InChI is InChI=1S/C11H12ClFN2O2S/c1-2-3-4-5-15-18(16,17)10-7-8(12)6-9(14)11(10)13/h1,6-7,15H,3-5,14H2. The molecule has 0 saturated carbocycles. The second-order valence-electron chi connectivity index (χ2n) is 3.51. The van der Waals surface area contributed by atoms with Gasteiger partial charge < -0.3 is 5.73 Å². The van der Waals surface area contributed by atoms with E-state index in [4.69, 9.17) is 23.8 Å². The molecule has 0 radical (unpaired) electrons. The number of nitrogens with one attached hydrogen (secondary N) is 1. The van der Waals surface area contributed by atoms with E-state index < -0.39 is 20.7 Å². The molecule has 1 aromatic rings. The molecule has 7 heteroatoms. The van der Waals surface area contributed by atoms with Crippen molar-refractivity contribution in [3.05, 3.63) is 23.0 Å². The van der Waals surface area contributed by atoms with Crippen molar-refractivity contribution in [3.8, 4) is 12.3 Å². The van der Waals surface area contributed by atoms with Crippen LogP contribution in [0.1, 0.15) is 12.8 Å². The van der Waals surface area contributed by atoms with Gasteiger partial charge in [0.15, 0.2) is 5.82 Å². The van der Waals surface area contributed by atoms with Gasteiger partial charge in [-0.2, -0.15) is 0 Å². The van der Waals surface area contributed by atoms with Gasteiger partial charge in [-0.25, -0.2) is 17.5 Å². The van der Waals surface area contributed by atoms with Crippen LogP contribution in [-0.2, 0) is 10.0 Å². The highest BCUT2D eigenvalue weighted by Gasteiger charge is 2.21. The van der Waals surface area contributed by atoms with Crippen molar-refractivity contribution in [2.45, 2.75) is 17.7 Å². The van der Waals surface area contributed by atoms with E-state index in [-0.39, 0.29) is 17.3 Å². The van der Waals surface area contributed by atoms with E-state index >= 15 is 0 Å². The number of nitrogen functional groups attached to an aromatic ring is 1. The van der Waals surface area contributed by atoms with Crippen LogP contribution in [0.15, 0.2) is 17.0 Å². The average molecular weight is 291 g/mol. The maximum absolute atomic E-state index is 13.6. The smallest absolute Gasteiger partial charge is 0.243 e.